The molecule has 0 amide bonds. The summed E-state index contributed by atoms with van der Waals surface area (Å²) in [6.45, 7) is 1.78. The first kappa shape index (κ1) is 12.0. The molecule has 0 aliphatic heterocycles. The quantitative estimate of drug-likeness (QED) is 0.819. The number of anilines is 1. The van der Waals surface area contributed by atoms with Crippen molar-refractivity contribution in [2.24, 2.45) is 5.10 Å². The summed E-state index contributed by atoms with van der Waals surface area (Å²) >= 11 is 0. The molecule has 0 unspecified atom stereocenters. The van der Waals surface area contributed by atoms with Gasteiger partial charge in [-0.15, -0.1) is 0 Å². The van der Waals surface area contributed by atoms with E-state index in [1.54, 1.807) is 25.1 Å². The van der Waals surface area contributed by atoms with Crippen LogP contribution in [0.25, 0.3) is 0 Å². The molecule has 0 aliphatic carbocycles. The summed E-state index contributed by atoms with van der Waals surface area (Å²) in [5, 5.41) is 3.98. The number of nitrogen functional groups attached to an aromatic ring is 1. The van der Waals surface area contributed by atoms with E-state index >= 15 is 0 Å². The first-order valence-electron chi connectivity index (χ1n) is 5.35. The molecule has 1 heterocycles. The third-order valence-electron chi connectivity index (χ3n) is 2.37. The topological polar surface area (TPSA) is 60.4 Å². The highest BCUT2D eigenvalue weighted by molar-refractivity contribution is 5.79. The van der Waals surface area contributed by atoms with E-state index in [4.69, 9.17) is 5.73 Å². The van der Waals surface area contributed by atoms with Crippen LogP contribution < -0.4 is 11.3 Å². The minimum Gasteiger partial charge on any atom is -0.384 e. The Kier molecular flexibility index (Phi) is 3.23. The molecule has 0 spiro atoms. The summed E-state index contributed by atoms with van der Waals surface area (Å²) in [4.78, 5) is 11.6. The highest BCUT2D eigenvalue weighted by atomic mass is 19.1. The smallest absolute Gasteiger partial charge is 0.273 e. The second-order valence-electron chi connectivity index (χ2n) is 3.90. The molecule has 2 aromatic rings. The fourth-order valence-corrected chi connectivity index (χ4v) is 1.52. The maximum absolute atomic E-state index is 12.7. The van der Waals surface area contributed by atoms with E-state index in [9.17, 15) is 9.18 Å². The molecule has 1 aromatic carbocycles. The predicted molar refractivity (Wildman–Crippen MR) is 69.2 cm³/mol. The van der Waals surface area contributed by atoms with Crippen molar-refractivity contribution in [3.8, 4) is 0 Å². The van der Waals surface area contributed by atoms with E-state index in [-0.39, 0.29) is 17.2 Å². The van der Waals surface area contributed by atoms with Crippen molar-refractivity contribution in [2.45, 2.75) is 6.92 Å². The van der Waals surface area contributed by atoms with Crippen LogP contribution >= 0.6 is 0 Å². The van der Waals surface area contributed by atoms with Gasteiger partial charge in [0.1, 0.15) is 11.6 Å². The molecule has 18 heavy (non-hydrogen) atoms. The molecule has 92 valence electrons. The zero-order valence-corrected chi connectivity index (χ0v) is 9.80. The van der Waals surface area contributed by atoms with Crippen molar-refractivity contribution >= 4 is 12.0 Å². The summed E-state index contributed by atoms with van der Waals surface area (Å²) < 4.78 is 13.8. The van der Waals surface area contributed by atoms with Gasteiger partial charge in [-0.2, -0.15) is 9.78 Å². The van der Waals surface area contributed by atoms with Crippen LogP contribution in [0.5, 0.6) is 0 Å². The van der Waals surface area contributed by atoms with E-state index in [1.807, 2.05) is 0 Å². The van der Waals surface area contributed by atoms with Crippen molar-refractivity contribution in [1.29, 1.82) is 0 Å². The van der Waals surface area contributed by atoms with Crippen molar-refractivity contribution in [1.82, 2.24) is 4.68 Å². The molecule has 0 bridgehead atoms. The van der Waals surface area contributed by atoms with E-state index in [0.29, 0.717) is 5.56 Å². The van der Waals surface area contributed by atoms with Gasteiger partial charge in [-0.25, -0.2) is 4.39 Å². The predicted octanol–water partition coefficient (Wildman–Crippen LogP) is 1.76. The number of rotatable bonds is 2. The Morgan fingerprint density at radius 2 is 1.94 bits per heavy atom. The monoisotopic (exact) mass is 245 g/mol. The number of pyridine rings is 1. The largest absolute Gasteiger partial charge is 0.384 e. The van der Waals surface area contributed by atoms with Crippen LogP contribution in [0, 0.1) is 12.7 Å². The van der Waals surface area contributed by atoms with Crippen LogP contribution in [0.3, 0.4) is 0 Å². The van der Waals surface area contributed by atoms with Crippen molar-refractivity contribution in [3.05, 3.63) is 63.7 Å². The van der Waals surface area contributed by atoms with Gasteiger partial charge in [0, 0.05) is 6.07 Å². The Morgan fingerprint density at radius 3 is 2.56 bits per heavy atom. The van der Waals surface area contributed by atoms with Gasteiger partial charge in [-0.1, -0.05) is 12.1 Å². The standard InChI is InChI=1S/C13H12FN3O/c1-9-6-12(15)17(13(18)7-9)16-8-10-2-4-11(14)5-3-10/h2-8H,15H2,1H3/b16-8-. The van der Waals surface area contributed by atoms with Crippen molar-refractivity contribution in [3.63, 3.8) is 0 Å². The Bertz CT molecular complexity index is 644. The fourth-order valence-electron chi connectivity index (χ4n) is 1.52. The van der Waals surface area contributed by atoms with Crippen LogP contribution in [0.4, 0.5) is 10.2 Å². The van der Waals surface area contributed by atoms with Gasteiger partial charge in [0.25, 0.3) is 5.56 Å². The number of hydrogen-bond donors (Lipinski definition) is 1. The van der Waals surface area contributed by atoms with Gasteiger partial charge in [-0.3, -0.25) is 4.79 Å². The fraction of sp³-hybridized carbons (Fsp3) is 0.0769. The second kappa shape index (κ2) is 4.83. The highest BCUT2D eigenvalue weighted by Gasteiger charge is 1.99. The van der Waals surface area contributed by atoms with E-state index in [1.165, 1.54) is 24.4 Å². The maximum Gasteiger partial charge on any atom is 0.273 e. The lowest BCUT2D eigenvalue weighted by Gasteiger charge is -2.03. The number of nitrogens with zero attached hydrogens (tertiary/aromatic N) is 2. The average molecular weight is 245 g/mol. The van der Waals surface area contributed by atoms with Gasteiger partial charge in [0.15, 0.2) is 0 Å². The molecule has 1 aromatic heterocycles. The second-order valence-corrected chi connectivity index (χ2v) is 3.90. The lowest BCUT2D eigenvalue weighted by atomic mass is 10.2. The van der Waals surface area contributed by atoms with Crippen LogP contribution in [0.2, 0.25) is 0 Å². The Hall–Kier alpha value is -2.43. The molecule has 2 N–H and O–H groups in total. The normalized spacial score (nSPS) is 11.0. The zero-order chi connectivity index (χ0) is 13.1. The Balaban J connectivity index is 2.35. The summed E-state index contributed by atoms with van der Waals surface area (Å²) in [6.07, 6.45) is 1.45. The van der Waals surface area contributed by atoms with E-state index in [0.717, 1.165) is 10.2 Å². The van der Waals surface area contributed by atoms with Crippen LogP contribution in [0.1, 0.15) is 11.1 Å². The van der Waals surface area contributed by atoms with Gasteiger partial charge >= 0.3 is 0 Å². The summed E-state index contributed by atoms with van der Waals surface area (Å²) in [5.41, 5.74) is 6.87. The van der Waals surface area contributed by atoms with Crippen LogP contribution in [-0.4, -0.2) is 10.9 Å². The van der Waals surface area contributed by atoms with E-state index in [2.05, 4.69) is 5.10 Å². The molecule has 2 rings (SSSR count). The third-order valence-corrected chi connectivity index (χ3v) is 2.37. The molecule has 0 atom stereocenters. The summed E-state index contributed by atoms with van der Waals surface area (Å²) in [5.74, 6) is -0.0578. The van der Waals surface area contributed by atoms with E-state index < -0.39 is 0 Å². The highest BCUT2D eigenvalue weighted by Crippen LogP contribution is 2.03. The Labute approximate surface area is 103 Å². The number of hydrogen-bond acceptors (Lipinski definition) is 3. The van der Waals surface area contributed by atoms with Gasteiger partial charge in [-0.05, 0) is 36.2 Å². The first-order chi connectivity index (χ1) is 8.56. The summed E-state index contributed by atoms with van der Waals surface area (Å²) in [6, 6.07) is 8.87. The van der Waals surface area contributed by atoms with Gasteiger partial charge < -0.3 is 5.73 Å². The first-order valence-corrected chi connectivity index (χ1v) is 5.35. The van der Waals surface area contributed by atoms with Crippen LogP contribution in [0.15, 0.2) is 46.3 Å². The molecule has 0 radical (unpaired) electrons. The summed E-state index contributed by atoms with van der Waals surface area (Å²) in [7, 11) is 0. The molecule has 0 aliphatic rings. The number of benzene rings is 1. The molecule has 0 saturated carbocycles. The van der Waals surface area contributed by atoms with Gasteiger partial charge in [0.2, 0.25) is 0 Å². The number of aryl methyl sites for hydroxylation is 1. The average Bonchev–Trinajstić information content (AvgIpc) is 2.30. The Morgan fingerprint density at radius 1 is 1.28 bits per heavy atom. The number of halogens is 1. The molecular weight excluding hydrogens is 233 g/mol. The number of nitrogens with two attached hydrogens (primary N) is 1. The molecule has 0 saturated heterocycles. The van der Waals surface area contributed by atoms with Crippen molar-refractivity contribution in [2.75, 3.05) is 5.73 Å². The molecular formula is C13H12FN3O. The minimum atomic E-state index is -0.320. The lowest BCUT2D eigenvalue weighted by molar-refractivity contribution is 0.628. The molecule has 4 nitrogen and oxygen atoms in total. The minimum absolute atomic E-state index is 0.262. The SMILES string of the molecule is Cc1cc(N)n(/N=C\c2ccc(F)cc2)c(=O)c1. The lowest BCUT2D eigenvalue weighted by Crippen LogP contribution is -2.19. The third kappa shape index (κ3) is 2.63. The molecule has 0 fully saturated rings. The number of aromatic nitrogens is 1. The van der Waals surface area contributed by atoms with Crippen LogP contribution in [-0.2, 0) is 0 Å². The maximum atomic E-state index is 12.7. The van der Waals surface area contributed by atoms with Gasteiger partial charge in [0.05, 0.1) is 6.21 Å². The van der Waals surface area contributed by atoms with Crippen molar-refractivity contribution < 1.29 is 4.39 Å². The zero-order valence-electron chi connectivity index (χ0n) is 9.80. The molecule has 5 heteroatoms.